The summed E-state index contributed by atoms with van der Waals surface area (Å²) < 4.78 is 0. The van der Waals surface area contributed by atoms with Crippen LogP contribution in [0.15, 0.2) is 59.8 Å². The molecule has 0 aliphatic heterocycles. The molecule has 1 atom stereocenters. The SMILES string of the molecule is O=CC(CN=O)CC(=O)NCCc1ccc(-c2ccccc2)cc1. The molecule has 0 radical (unpaired) electrons. The van der Waals surface area contributed by atoms with Gasteiger partial charge in [0.25, 0.3) is 0 Å². The van der Waals surface area contributed by atoms with Gasteiger partial charge in [0.15, 0.2) is 0 Å². The molecule has 1 N–H and O–H groups in total. The van der Waals surface area contributed by atoms with Gasteiger partial charge in [-0.25, -0.2) is 0 Å². The first kappa shape index (κ1) is 17.5. The van der Waals surface area contributed by atoms with Gasteiger partial charge in [0.05, 0.1) is 6.54 Å². The number of carbonyl (C=O) groups excluding carboxylic acids is 2. The van der Waals surface area contributed by atoms with Gasteiger partial charge in [-0.15, -0.1) is 0 Å². The summed E-state index contributed by atoms with van der Waals surface area (Å²) in [5.41, 5.74) is 3.44. The molecule has 2 aromatic carbocycles. The molecule has 0 saturated carbocycles. The lowest BCUT2D eigenvalue weighted by Gasteiger charge is -2.08. The molecule has 1 amide bonds. The predicted octanol–water partition coefficient (Wildman–Crippen LogP) is 2.98. The van der Waals surface area contributed by atoms with Crippen LogP contribution in [0, 0.1) is 10.8 Å². The molecule has 0 bridgehead atoms. The van der Waals surface area contributed by atoms with Crippen molar-refractivity contribution in [1.29, 1.82) is 0 Å². The molecular weight excluding hydrogens is 304 g/mol. The molecule has 0 spiro atoms. The Bertz CT molecular complexity index is 669. The van der Waals surface area contributed by atoms with Gasteiger partial charge in [0.1, 0.15) is 6.29 Å². The minimum atomic E-state index is -0.632. The second kappa shape index (κ2) is 9.35. The minimum absolute atomic E-state index is 0.00217. The molecule has 0 fully saturated rings. The normalized spacial score (nSPS) is 11.5. The number of nitrogens with one attached hydrogen (secondary N) is 1. The van der Waals surface area contributed by atoms with Gasteiger partial charge in [-0.05, 0) is 23.1 Å². The standard InChI is InChI=1S/C19H20N2O3/c22-14-16(13-21-24)12-19(23)20-11-10-15-6-8-18(9-7-15)17-4-2-1-3-5-17/h1-9,14,16H,10-13H2,(H,20,23). The molecule has 2 aromatic rings. The first-order valence-corrected chi connectivity index (χ1v) is 7.88. The van der Waals surface area contributed by atoms with E-state index in [1.807, 2.05) is 30.3 Å². The molecule has 24 heavy (non-hydrogen) atoms. The fourth-order valence-electron chi connectivity index (χ4n) is 2.40. The second-order valence-corrected chi connectivity index (χ2v) is 5.57. The van der Waals surface area contributed by atoms with E-state index in [4.69, 9.17) is 0 Å². The van der Waals surface area contributed by atoms with E-state index in [0.717, 1.165) is 11.1 Å². The summed E-state index contributed by atoms with van der Waals surface area (Å²) in [5.74, 6) is -0.871. The van der Waals surface area contributed by atoms with Crippen LogP contribution < -0.4 is 5.32 Å². The van der Waals surface area contributed by atoms with Crippen molar-refractivity contribution < 1.29 is 9.59 Å². The molecule has 5 nitrogen and oxygen atoms in total. The van der Waals surface area contributed by atoms with Gasteiger partial charge < -0.3 is 10.1 Å². The molecular formula is C19H20N2O3. The highest BCUT2D eigenvalue weighted by molar-refractivity contribution is 5.79. The first-order valence-electron chi connectivity index (χ1n) is 7.88. The number of hydrogen-bond acceptors (Lipinski definition) is 4. The lowest BCUT2D eigenvalue weighted by molar-refractivity contribution is -0.124. The highest BCUT2D eigenvalue weighted by Gasteiger charge is 2.12. The largest absolute Gasteiger partial charge is 0.356 e. The number of aldehydes is 1. The van der Waals surface area contributed by atoms with E-state index in [0.29, 0.717) is 19.3 Å². The number of benzene rings is 2. The van der Waals surface area contributed by atoms with Crippen LogP contribution in [0.2, 0.25) is 0 Å². The van der Waals surface area contributed by atoms with Crippen molar-refractivity contribution in [2.75, 3.05) is 13.1 Å². The number of amides is 1. The van der Waals surface area contributed by atoms with Crippen LogP contribution in [0.3, 0.4) is 0 Å². The van der Waals surface area contributed by atoms with Crippen LogP contribution in [0.25, 0.3) is 11.1 Å². The number of hydrogen-bond donors (Lipinski definition) is 1. The highest BCUT2D eigenvalue weighted by Crippen LogP contribution is 2.19. The zero-order chi connectivity index (χ0) is 17.2. The molecule has 0 saturated heterocycles. The van der Waals surface area contributed by atoms with Crippen LogP contribution in [-0.4, -0.2) is 25.3 Å². The Kier molecular flexibility index (Phi) is 6.83. The molecule has 0 aromatic heterocycles. The van der Waals surface area contributed by atoms with Crippen molar-refractivity contribution in [2.45, 2.75) is 12.8 Å². The lowest BCUT2D eigenvalue weighted by atomic mass is 10.0. The minimum Gasteiger partial charge on any atom is -0.356 e. The van der Waals surface area contributed by atoms with E-state index < -0.39 is 5.92 Å². The first-order chi connectivity index (χ1) is 11.7. The summed E-state index contributed by atoms with van der Waals surface area (Å²) in [6.07, 6.45) is 1.31. The average molecular weight is 324 g/mol. The second-order valence-electron chi connectivity index (χ2n) is 5.57. The average Bonchev–Trinajstić information content (AvgIpc) is 2.62. The summed E-state index contributed by atoms with van der Waals surface area (Å²) in [6.45, 7) is 0.335. The van der Waals surface area contributed by atoms with Crippen LogP contribution >= 0.6 is 0 Å². The molecule has 5 heteroatoms. The molecule has 0 heterocycles. The monoisotopic (exact) mass is 324 g/mol. The van der Waals surface area contributed by atoms with E-state index in [1.165, 1.54) is 5.56 Å². The van der Waals surface area contributed by atoms with Crippen molar-refractivity contribution in [2.24, 2.45) is 11.1 Å². The van der Waals surface area contributed by atoms with Gasteiger partial charge in [-0.3, -0.25) is 4.79 Å². The summed E-state index contributed by atoms with van der Waals surface area (Å²) in [5, 5.41) is 5.42. The van der Waals surface area contributed by atoms with Crippen molar-refractivity contribution in [3.63, 3.8) is 0 Å². The number of carbonyl (C=O) groups is 2. The van der Waals surface area contributed by atoms with Gasteiger partial charge in [0.2, 0.25) is 5.91 Å². The fraction of sp³-hybridized carbons (Fsp3) is 0.263. The van der Waals surface area contributed by atoms with E-state index in [2.05, 4.69) is 34.8 Å². The zero-order valence-corrected chi connectivity index (χ0v) is 13.4. The number of nitrogens with zero attached hydrogens (tertiary/aromatic N) is 1. The third kappa shape index (κ3) is 5.43. The summed E-state index contributed by atoms with van der Waals surface area (Å²) in [4.78, 5) is 32.5. The molecule has 2 rings (SSSR count). The summed E-state index contributed by atoms with van der Waals surface area (Å²) in [7, 11) is 0. The van der Waals surface area contributed by atoms with Crippen molar-refractivity contribution in [3.8, 4) is 11.1 Å². The van der Waals surface area contributed by atoms with Crippen molar-refractivity contribution in [1.82, 2.24) is 5.32 Å². The van der Waals surface area contributed by atoms with Crippen molar-refractivity contribution in [3.05, 3.63) is 65.1 Å². The van der Waals surface area contributed by atoms with Crippen LogP contribution in [-0.2, 0) is 16.0 Å². The smallest absolute Gasteiger partial charge is 0.220 e. The Labute approximate surface area is 141 Å². The topological polar surface area (TPSA) is 75.6 Å². The zero-order valence-electron chi connectivity index (χ0n) is 13.4. The molecule has 0 aliphatic rings. The van der Waals surface area contributed by atoms with Crippen LogP contribution in [0.1, 0.15) is 12.0 Å². The maximum absolute atomic E-state index is 11.7. The van der Waals surface area contributed by atoms with Crippen LogP contribution in [0.4, 0.5) is 0 Å². The third-order valence-electron chi connectivity index (χ3n) is 3.75. The maximum Gasteiger partial charge on any atom is 0.220 e. The summed E-state index contributed by atoms with van der Waals surface area (Å²) in [6, 6.07) is 18.3. The van der Waals surface area contributed by atoms with Gasteiger partial charge >= 0.3 is 0 Å². The molecule has 0 aliphatic carbocycles. The van der Waals surface area contributed by atoms with Gasteiger partial charge in [-0.1, -0.05) is 59.8 Å². The molecule has 1 unspecified atom stereocenters. The highest BCUT2D eigenvalue weighted by atomic mass is 16.3. The van der Waals surface area contributed by atoms with Crippen molar-refractivity contribution >= 4 is 12.2 Å². The Morgan fingerprint density at radius 2 is 1.71 bits per heavy atom. The van der Waals surface area contributed by atoms with E-state index in [1.54, 1.807) is 0 Å². The number of rotatable bonds is 9. The maximum atomic E-state index is 11.7. The summed E-state index contributed by atoms with van der Waals surface area (Å²) >= 11 is 0. The van der Waals surface area contributed by atoms with E-state index >= 15 is 0 Å². The van der Waals surface area contributed by atoms with E-state index in [-0.39, 0.29) is 18.9 Å². The molecule has 124 valence electrons. The number of nitroso groups, excluding NO2 is 1. The third-order valence-corrected chi connectivity index (χ3v) is 3.75. The fourth-order valence-corrected chi connectivity index (χ4v) is 2.40. The Morgan fingerprint density at radius 3 is 2.33 bits per heavy atom. The Morgan fingerprint density at radius 1 is 1.04 bits per heavy atom. The van der Waals surface area contributed by atoms with Gasteiger partial charge in [0, 0.05) is 18.9 Å². The van der Waals surface area contributed by atoms with Gasteiger partial charge in [-0.2, -0.15) is 4.91 Å². The predicted molar refractivity (Wildman–Crippen MR) is 93.4 cm³/mol. The lowest BCUT2D eigenvalue weighted by Crippen LogP contribution is -2.28. The Hall–Kier alpha value is -2.82. The Balaban J connectivity index is 1.79. The quantitative estimate of drug-likeness (QED) is 0.569. The van der Waals surface area contributed by atoms with Crippen LogP contribution in [0.5, 0.6) is 0 Å². The van der Waals surface area contributed by atoms with E-state index in [9.17, 15) is 14.5 Å².